The highest BCUT2D eigenvalue weighted by molar-refractivity contribution is 5.78. The second kappa shape index (κ2) is 7.48. The smallest absolute Gasteiger partial charge is 0.191 e. The number of rotatable bonds is 4. The van der Waals surface area contributed by atoms with Crippen LogP contribution >= 0.6 is 0 Å². The van der Waals surface area contributed by atoms with Crippen LogP contribution in [0.3, 0.4) is 0 Å². The van der Waals surface area contributed by atoms with Gasteiger partial charge in [0, 0.05) is 31.9 Å². The minimum Gasteiger partial charge on any atom is -0.370 e. The van der Waals surface area contributed by atoms with Gasteiger partial charge in [-0.2, -0.15) is 5.10 Å². The van der Waals surface area contributed by atoms with Crippen LogP contribution < -0.4 is 5.73 Å². The Morgan fingerprint density at radius 3 is 2.52 bits per heavy atom. The summed E-state index contributed by atoms with van der Waals surface area (Å²) in [6.45, 7) is 10.1. The lowest BCUT2D eigenvalue weighted by atomic mass is 10.2. The molecule has 1 unspecified atom stereocenters. The lowest BCUT2D eigenvalue weighted by molar-refractivity contribution is 0.418. The van der Waals surface area contributed by atoms with Crippen molar-refractivity contribution in [3.8, 4) is 0 Å². The van der Waals surface area contributed by atoms with Crippen molar-refractivity contribution in [3.05, 3.63) is 17.5 Å². The number of guanidine groups is 1. The zero-order chi connectivity index (χ0) is 15.2. The van der Waals surface area contributed by atoms with Crippen LogP contribution in [-0.2, 0) is 6.54 Å². The zero-order valence-electron chi connectivity index (χ0n) is 13.7. The van der Waals surface area contributed by atoms with Gasteiger partial charge in [-0.3, -0.25) is 9.67 Å². The monoisotopic (exact) mass is 291 g/mol. The van der Waals surface area contributed by atoms with Gasteiger partial charge in [-0.05, 0) is 38.7 Å². The average Bonchev–Trinajstić information content (AvgIpc) is 2.68. The van der Waals surface area contributed by atoms with Crippen LogP contribution in [0.5, 0.6) is 0 Å². The Balaban J connectivity index is 1.85. The molecule has 0 amide bonds. The van der Waals surface area contributed by atoms with E-state index in [9.17, 15) is 0 Å². The number of aliphatic imine (C=N–C) groups is 1. The molecule has 0 aliphatic carbocycles. The third-order valence-electron chi connectivity index (χ3n) is 4.08. The highest BCUT2D eigenvalue weighted by Gasteiger charge is 2.12. The molecule has 118 valence electrons. The van der Waals surface area contributed by atoms with Gasteiger partial charge < -0.3 is 10.6 Å². The van der Waals surface area contributed by atoms with E-state index in [0.29, 0.717) is 5.92 Å². The Labute approximate surface area is 128 Å². The Kier molecular flexibility index (Phi) is 5.65. The molecule has 1 aromatic heterocycles. The third-order valence-corrected chi connectivity index (χ3v) is 4.08. The fraction of sp³-hybridized carbons (Fsp3) is 0.750. The fourth-order valence-corrected chi connectivity index (χ4v) is 2.86. The first kappa shape index (κ1) is 15.9. The van der Waals surface area contributed by atoms with E-state index in [2.05, 4.69) is 39.6 Å². The third kappa shape index (κ3) is 4.76. The Hall–Kier alpha value is -1.52. The Bertz CT molecular complexity index is 469. The first-order chi connectivity index (χ1) is 10.1. The van der Waals surface area contributed by atoms with Crippen LogP contribution in [0.2, 0.25) is 0 Å². The van der Waals surface area contributed by atoms with E-state index in [1.54, 1.807) is 0 Å². The van der Waals surface area contributed by atoms with E-state index in [4.69, 9.17) is 5.73 Å². The van der Waals surface area contributed by atoms with Crippen LogP contribution in [-0.4, -0.2) is 40.3 Å². The van der Waals surface area contributed by atoms with Crippen molar-refractivity contribution in [3.63, 3.8) is 0 Å². The van der Waals surface area contributed by atoms with Gasteiger partial charge in [-0.15, -0.1) is 0 Å². The standard InChI is InChI=1S/C16H29N5/c1-13(12-21-15(3)10-14(2)19-21)11-18-16(17)20-8-6-4-5-7-9-20/h10,13H,4-9,11-12H2,1-3H3,(H2,17,18). The lowest BCUT2D eigenvalue weighted by Crippen LogP contribution is -2.38. The van der Waals surface area contributed by atoms with E-state index < -0.39 is 0 Å². The molecule has 1 aliphatic rings. The maximum absolute atomic E-state index is 6.15. The Morgan fingerprint density at radius 1 is 1.29 bits per heavy atom. The van der Waals surface area contributed by atoms with Crippen LogP contribution in [0.4, 0.5) is 0 Å². The minimum absolute atomic E-state index is 0.438. The lowest BCUT2D eigenvalue weighted by Gasteiger charge is -2.21. The number of likely N-dealkylation sites (tertiary alicyclic amines) is 1. The minimum atomic E-state index is 0.438. The van der Waals surface area contributed by atoms with Gasteiger partial charge in [-0.1, -0.05) is 19.8 Å². The van der Waals surface area contributed by atoms with E-state index in [1.165, 1.54) is 31.4 Å². The molecule has 1 aromatic rings. The zero-order valence-corrected chi connectivity index (χ0v) is 13.7. The Morgan fingerprint density at radius 2 is 1.95 bits per heavy atom. The van der Waals surface area contributed by atoms with Crippen molar-refractivity contribution >= 4 is 5.96 Å². The van der Waals surface area contributed by atoms with Crippen LogP contribution in [0.25, 0.3) is 0 Å². The van der Waals surface area contributed by atoms with E-state index in [-0.39, 0.29) is 0 Å². The fourth-order valence-electron chi connectivity index (χ4n) is 2.86. The van der Waals surface area contributed by atoms with Crippen LogP contribution in [0.15, 0.2) is 11.1 Å². The first-order valence-electron chi connectivity index (χ1n) is 8.12. The predicted octanol–water partition coefficient (Wildman–Crippen LogP) is 2.33. The molecule has 2 heterocycles. The summed E-state index contributed by atoms with van der Waals surface area (Å²) in [7, 11) is 0. The molecule has 0 spiro atoms. The number of nitrogens with two attached hydrogens (primary N) is 1. The molecule has 1 saturated heterocycles. The second-order valence-electron chi connectivity index (χ2n) is 6.31. The van der Waals surface area contributed by atoms with Crippen molar-refractivity contribution in [2.24, 2.45) is 16.6 Å². The van der Waals surface area contributed by atoms with Gasteiger partial charge in [0.05, 0.1) is 5.69 Å². The van der Waals surface area contributed by atoms with E-state index in [1.807, 2.05) is 6.92 Å². The quantitative estimate of drug-likeness (QED) is 0.684. The summed E-state index contributed by atoms with van der Waals surface area (Å²) in [4.78, 5) is 6.84. The number of hydrogen-bond acceptors (Lipinski definition) is 2. The van der Waals surface area contributed by atoms with Gasteiger partial charge in [0.2, 0.25) is 0 Å². The molecule has 21 heavy (non-hydrogen) atoms. The number of nitrogens with zero attached hydrogens (tertiary/aromatic N) is 4. The van der Waals surface area contributed by atoms with Crippen molar-refractivity contribution in [1.29, 1.82) is 0 Å². The summed E-state index contributed by atoms with van der Waals surface area (Å²) in [5.41, 5.74) is 8.44. The summed E-state index contributed by atoms with van der Waals surface area (Å²) in [6.07, 6.45) is 5.10. The molecule has 1 atom stereocenters. The number of aryl methyl sites for hydroxylation is 2. The summed E-state index contributed by atoms with van der Waals surface area (Å²) in [5, 5.41) is 4.51. The summed E-state index contributed by atoms with van der Waals surface area (Å²) >= 11 is 0. The molecule has 2 N–H and O–H groups in total. The molecule has 5 nitrogen and oxygen atoms in total. The highest BCUT2D eigenvalue weighted by Crippen LogP contribution is 2.10. The summed E-state index contributed by atoms with van der Waals surface area (Å²) in [6, 6.07) is 2.11. The highest BCUT2D eigenvalue weighted by atomic mass is 15.3. The van der Waals surface area contributed by atoms with E-state index in [0.717, 1.165) is 37.8 Å². The summed E-state index contributed by atoms with van der Waals surface area (Å²) < 4.78 is 2.07. The van der Waals surface area contributed by atoms with Gasteiger partial charge in [-0.25, -0.2) is 0 Å². The van der Waals surface area contributed by atoms with Crippen molar-refractivity contribution in [2.75, 3.05) is 19.6 Å². The SMILES string of the molecule is Cc1cc(C)n(CC(C)CN=C(N)N2CCCCCC2)n1. The molecule has 1 aliphatic heterocycles. The largest absolute Gasteiger partial charge is 0.370 e. The number of aromatic nitrogens is 2. The molecular weight excluding hydrogens is 262 g/mol. The van der Waals surface area contributed by atoms with Crippen molar-refractivity contribution in [2.45, 2.75) is 53.0 Å². The molecule has 0 saturated carbocycles. The molecule has 1 fully saturated rings. The molecule has 0 aromatic carbocycles. The van der Waals surface area contributed by atoms with Gasteiger partial charge in [0.25, 0.3) is 0 Å². The van der Waals surface area contributed by atoms with Crippen LogP contribution in [0, 0.1) is 19.8 Å². The predicted molar refractivity (Wildman–Crippen MR) is 87.4 cm³/mol. The van der Waals surface area contributed by atoms with Crippen molar-refractivity contribution < 1.29 is 0 Å². The normalized spacial score (nSPS) is 18.6. The molecule has 0 radical (unpaired) electrons. The maximum atomic E-state index is 6.15. The average molecular weight is 291 g/mol. The van der Waals surface area contributed by atoms with Crippen LogP contribution in [0.1, 0.15) is 44.0 Å². The van der Waals surface area contributed by atoms with Gasteiger partial charge >= 0.3 is 0 Å². The molecular formula is C16H29N5. The van der Waals surface area contributed by atoms with E-state index >= 15 is 0 Å². The second-order valence-corrected chi connectivity index (χ2v) is 6.31. The molecule has 0 bridgehead atoms. The van der Waals surface area contributed by atoms with Crippen molar-refractivity contribution in [1.82, 2.24) is 14.7 Å². The van der Waals surface area contributed by atoms with Gasteiger partial charge in [0.15, 0.2) is 5.96 Å². The topological polar surface area (TPSA) is 59.4 Å². The molecule has 5 heteroatoms. The maximum Gasteiger partial charge on any atom is 0.191 e. The van der Waals surface area contributed by atoms with Gasteiger partial charge in [0.1, 0.15) is 0 Å². The first-order valence-corrected chi connectivity index (χ1v) is 8.12. The number of hydrogen-bond donors (Lipinski definition) is 1. The summed E-state index contributed by atoms with van der Waals surface area (Å²) in [5.74, 6) is 1.16. The molecule has 2 rings (SSSR count).